The zero-order valence-corrected chi connectivity index (χ0v) is 9.37. The van der Waals surface area contributed by atoms with Gasteiger partial charge in [-0.1, -0.05) is 12.1 Å². The van der Waals surface area contributed by atoms with Gasteiger partial charge in [0.25, 0.3) is 0 Å². The Kier molecular flexibility index (Phi) is 3.38. The minimum Gasteiger partial charge on any atom is -0.468 e. The molecule has 3 nitrogen and oxygen atoms in total. The van der Waals surface area contributed by atoms with Crippen LogP contribution in [0.15, 0.2) is 18.2 Å². The van der Waals surface area contributed by atoms with Gasteiger partial charge < -0.3 is 4.74 Å². The van der Waals surface area contributed by atoms with Gasteiger partial charge in [0.1, 0.15) is 6.04 Å². The highest BCUT2D eigenvalue weighted by Gasteiger charge is 2.32. The Morgan fingerprint density at radius 1 is 1.41 bits per heavy atom. The van der Waals surface area contributed by atoms with Gasteiger partial charge in [0.05, 0.1) is 7.11 Å². The third kappa shape index (κ3) is 2.29. The number of methoxy groups -OCH3 is 1. The second-order valence-corrected chi connectivity index (χ2v) is 4.02. The van der Waals surface area contributed by atoms with Crippen LogP contribution >= 0.6 is 0 Å². The molecule has 92 valence electrons. The van der Waals surface area contributed by atoms with Crippen molar-refractivity contribution in [3.63, 3.8) is 0 Å². The van der Waals surface area contributed by atoms with Crippen LogP contribution in [0.5, 0.6) is 0 Å². The first-order chi connectivity index (χ1) is 8.13. The summed E-state index contributed by atoms with van der Waals surface area (Å²) >= 11 is 0. The molecule has 1 aliphatic heterocycles. The lowest BCUT2D eigenvalue weighted by Crippen LogP contribution is -2.33. The van der Waals surface area contributed by atoms with E-state index in [2.05, 4.69) is 10.1 Å². The number of ether oxygens (including phenoxy) is 1. The number of hydrogen-bond acceptors (Lipinski definition) is 3. The maximum absolute atomic E-state index is 13.5. The fourth-order valence-corrected chi connectivity index (χ4v) is 2.11. The van der Waals surface area contributed by atoms with Crippen molar-refractivity contribution in [1.82, 2.24) is 5.32 Å². The molecule has 0 radical (unpaired) electrons. The number of hydrogen-bond donors (Lipinski definition) is 1. The molecule has 1 aromatic carbocycles. The predicted octanol–water partition coefficient (Wildman–Crippen LogP) is 1.93. The number of carbonyl (C=O) groups excluding carboxylic acids is 1. The lowest BCUT2D eigenvalue weighted by Gasteiger charge is -2.14. The third-order valence-corrected chi connectivity index (χ3v) is 2.99. The first-order valence-corrected chi connectivity index (χ1v) is 5.41. The largest absolute Gasteiger partial charge is 0.468 e. The SMILES string of the molecule is COC(=O)[C@@H]1CC[C@H](c2cccc(F)c2F)N1. The number of halogens is 2. The summed E-state index contributed by atoms with van der Waals surface area (Å²) in [6.45, 7) is 0. The molecule has 1 saturated heterocycles. The first-order valence-electron chi connectivity index (χ1n) is 5.41. The average molecular weight is 241 g/mol. The summed E-state index contributed by atoms with van der Waals surface area (Å²) in [5.74, 6) is -2.09. The van der Waals surface area contributed by atoms with Gasteiger partial charge in [-0.3, -0.25) is 10.1 Å². The Morgan fingerprint density at radius 2 is 2.18 bits per heavy atom. The van der Waals surface area contributed by atoms with Gasteiger partial charge in [0, 0.05) is 11.6 Å². The molecule has 1 N–H and O–H groups in total. The van der Waals surface area contributed by atoms with Crippen LogP contribution in [-0.2, 0) is 9.53 Å². The van der Waals surface area contributed by atoms with E-state index in [4.69, 9.17) is 0 Å². The highest BCUT2D eigenvalue weighted by molar-refractivity contribution is 5.76. The van der Waals surface area contributed by atoms with Gasteiger partial charge in [-0.25, -0.2) is 8.78 Å². The Balaban J connectivity index is 2.15. The molecule has 0 aromatic heterocycles. The van der Waals surface area contributed by atoms with Crippen LogP contribution in [0, 0.1) is 11.6 Å². The van der Waals surface area contributed by atoms with E-state index in [9.17, 15) is 13.6 Å². The first kappa shape index (κ1) is 12.0. The third-order valence-electron chi connectivity index (χ3n) is 2.99. The molecule has 5 heteroatoms. The van der Waals surface area contributed by atoms with E-state index in [-0.39, 0.29) is 17.6 Å². The van der Waals surface area contributed by atoms with Crippen molar-refractivity contribution in [3.05, 3.63) is 35.4 Å². The molecular formula is C12H13F2NO2. The Morgan fingerprint density at radius 3 is 2.88 bits per heavy atom. The second-order valence-electron chi connectivity index (χ2n) is 4.02. The van der Waals surface area contributed by atoms with Gasteiger partial charge in [0.2, 0.25) is 0 Å². The summed E-state index contributed by atoms with van der Waals surface area (Å²) in [7, 11) is 1.31. The lowest BCUT2D eigenvalue weighted by atomic mass is 10.0. The van der Waals surface area contributed by atoms with E-state index in [1.807, 2.05) is 0 Å². The van der Waals surface area contributed by atoms with Crippen LogP contribution in [0.25, 0.3) is 0 Å². The number of benzene rings is 1. The van der Waals surface area contributed by atoms with Crippen LogP contribution in [-0.4, -0.2) is 19.1 Å². The Hall–Kier alpha value is -1.49. The molecule has 0 spiro atoms. The van der Waals surface area contributed by atoms with Crippen molar-refractivity contribution in [3.8, 4) is 0 Å². The van der Waals surface area contributed by atoms with E-state index in [0.29, 0.717) is 12.8 Å². The summed E-state index contributed by atoms with van der Waals surface area (Å²) in [6, 6.07) is 3.28. The highest BCUT2D eigenvalue weighted by Crippen LogP contribution is 2.29. The molecule has 2 atom stereocenters. The maximum atomic E-state index is 13.5. The van der Waals surface area contributed by atoms with Crippen LogP contribution < -0.4 is 5.32 Å². The van der Waals surface area contributed by atoms with Gasteiger partial charge in [0.15, 0.2) is 11.6 Å². The van der Waals surface area contributed by atoms with Gasteiger partial charge in [-0.05, 0) is 18.9 Å². The molecule has 1 aromatic rings. The minimum absolute atomic E-state index is 0.261. The van der Waals surface area contributed by atoms with Crippen molar-refractivity contribution < 1.29 is 18.3 Å². The fourth-order valence-electron chi connectivity index (χ4n) is 2.11. The van der Waals surface area contributed by atoms with Gasteiger partial charge in [-0.15, -0.1) is 0 Å². The van der Waals surface area contributed by atoms with Crippen molar-refractivity contribution in [2.45, 2.75) is 24.9 Å². The molecule has 1 heterocycles. The summed E-state index contributed by atoms with van der Waals surface area (Å²) in [5.41, 5.74) is 0.261. The standard InChI is InChI=1S/C12H13F2NO2/c1-17-12(16)10-6-5-9(15-10)7-3-2-4-8(13)11(7)14/h2-4,9-10,15H,5-6H2,1H3/t9-,10+/m1/s1. The van der Waals surface area contributed by atoms with E-state index in [1.165, 1.54) is 19.2 Å². The van der Waals surface area contributed by atoms with Crippen LogP contribution in [0.2, 0.25) is 0 Å². The average Bonchev–Trinajstić information content (AvgIpc) is 2.81. The number of carbonyl (C=O) groups is 1. The molecule has 0 amide bonds. The maximum Gasteiger partial charge on any atom is 0.322 e. The zero-order valence-electron chi connectivity index (χ0n) is 9.37. The molecule has 0 aliphatic carbocycles. The Bertz CT molecular complexity index is 437. The van der Waals surface area contributed by atoms with E-state index in [0.717, 1.165) is 6.07 Å². The molecule has 17 heavy (non-hydrogen) atoms. The van der Waals surface area contributed by atoms with Crippen molar-refractivity contribution in [1.29, 1.82) is 0 Å². The van der Waals surface area contributed by atoms with Crippen LogP contribution in [0.1, 0.15) is 24.4 Å². The molecule has 2 rings (SSSR count). The normalized spacial score (nSPS) is 23.7. The summed E-state index contributed by atoms with van der Waals surface area (Å²) in [5, 5.41) is 2.94. The van der Waals surface area contributed by atoms with Gasteiger partial charge in [-0.2, -0.15) is 0 Å². The molecule has 0 unspecified atom stereocenters. The lowest BCUT2D eigenvalue weighted by molar-refractivity contribution is -0.142. The van der Waals surface area contributed by atoms with E-state index < -0.39 is 17.7 Å². The van der Waals surface area contributed by atoms with E-state index >= 15 is 0 Å². The van der Waals surface area contributed by atoms with Crippen molar-refractivity contribution in [2.75, 3.05) is 7.11 Å². The fraction of sp³-hybridized carbons (Fsp3) is 0.417. The zero-order chi connectivity index (χ0) is 12.4. The molecule has 0 bridgehead atoms. The highest BCUT2D eigenvalue weighted by atomic mass is 19.2. The molecule has 0 saturated carbocycles. The predicted molar refractivity (Wildman–Crippen MR) is 57.3 cm³/mol. The summed E-state index contributed by atoms with van der Waals surface area (Å²) in [6.07, 6.45) is 1.15. The summed E-state index contributed by atoms with van der Waals surface area (Å²) in [4.78, 5) is 11.3. The van der Waals surface area contributed by atoms with E-state index in [1.54, 1.807) is 0 Å². The van der Waals surface area contributed by atoms with Crippen LogP contribution in [0.4, 0.5) is 8.78 Å². The Labute approximate surface area is 97.8 Å². The molecular weight excluding hydrogens is 228 g/mol. The smallest absolute Gasteiger partial charge is 0.322 e. The minimum atomic E-state index is -0.870. The monoisotopic (exact) mass is 241 g/mol. The number of esters is 1. The topological polar surface area (TPSA) is 38.3 Å². The molecule has 1 aliphatic rings. The number of nitrogens with one attached hydrogen (secondary N) is 1. The van der Waals surface area contributed by atoms with Crippen molar-refractivity contribution in [2.24, 2.45) is 0 Å². The number of rotatable bonds is 2. The quantitative estimate of drug-likeness (QED) is 0.804. The van der Waals surface area contributed by atoms with Gasteiger partial charge >= 0.3 is 5.97 Å². The van der Waals surface area contributed by atoms with Crippen molar-refractivity contribution >= 4 is 5.97 Å². The second kappa shape index (κ2) is 4.79. The summed E-state index contributed by atoms with van der Waals surface area (Å²) < 4.78 is 31.2. The molecule has 1 fully saturated rings. The van der Waals surface area contributed by atoms with Crippen LogP contribution in [0.3, 0.4) is 0 Å².